The summed E-state index contributed by atoms with van der Waals surface area (Å²) in [5.41, 5.74) is 3.67. The molecule has 0 radical (unpaired) electrons. The SMILES string of the molecule is C[C@@H](NC(=O)CN1CCc2ccccc2C1)c1ccccc1Cl. The fourth-order valence-corrected chi connectivity index (χ4v) is 3.38. The quantitative estimate of drug-likeness (QED) is 0.930. The van der Waals surface area contributed by atoms with E-state index in [0.717, 1.165) is 25.1 Å². The van der Waals surface area contributed by atoms with Gasteiger partial charge in [0, 0.05) is 18.1 Å². The van der Waals surface area contributed by atoms with E-state index >= 15 is 0 Å². The molecule has 0 bridgehead atoms. The van der Waals surface area contributed by atoms with Crippen molar-refractivity contribution in [3.05, 3.63) is 70.2 Å². The molecule has 2 aromatic rings. The van der Waals surface area contributed by atoms with E-state index in [1.165, 1.54) is 11.1 Å². The molecule has 3 nitrogen and oxygen atoms in total. The van der Waals surface area contributed by atoms with Crippen molar-refractivity contribution in [2.75, 3.05) is 13.1 Å². The van der Waals surface area contributed by atoms with E-state index in [1.54, 1.807) is 0 Å². The van der Waals surface area contributed by atoms with Crippen LogP contribution in [-0.2, 0) is 17.8 Å². The molecule has 0 aromatic heterocycles. The predicted molar refractivity (Wildman–Crippen MR) is 93.4 cm³/mol. The number of benzene rings is 2. The Bertz CT molecular complexity index is 701. The van der Waals surface area contributed by atoms with E-state index in [4.69, 9.17) is 11.6 Å². The van der Waals surface area contributed by atoms with Gasteiger partial charge in [-0.3, -0.25) is 9.69 Å². The molecule has 1 atom stereocenters. The Morgan fingerprint density at radius 2 is 1.87 bits per heavy atom. The van der Waals surface area contributed by atoms with Crippen molar-refractivity contribution in [3.8, 4) is 0 Å². The number of nitrogens with one attached hydrogen (secondary N) is 1. The van der Waals surface area contributed by atoms with Crippen LogP contribution in [0.1, 0.15) is 29.7 Å². The Morgan fingerprint density at radius 1 is 1.17 bits per heavy atom. The molecule has 120 valence electrons. The summed E-state index contributed by atoms with van der Waals surface area (Å²) in [4.78, 5) is 14.5. The van der Waals surface area contributed by atoms with Gasteiger partial charge in [-0.1, -0.05) is 54.1 Å². The van der Waals surface area contributed by atoms with Gasteiger partial charge in [0.1, 0.15) is 0 Å². The number of halogens is 1. The number of rotatable bonds is 4. The maximum absolute atomic E-state index is 12.3. The van der Waals surface area contributed by atoms with Gasteiger partial charge in [-0.15, -0.1) is 0 Å². The van der Waals surface area contributed by atoms with Crippen molar-refractivity contribution < 1.29 is 4.79 Å². The zero-order valence-electron chi connectivity index (χ0n) is 13.3. The Hall–Kier alpha value is -1.84. The van der Waals surface area contributed by atoms with E-state index in [1.807, 2.05) is 31.2 Å². The fraction of sp³-hybridized carbons (Fsp3) is 0.316. The summed E-state index contributed by atoms with van der Waals surface area (Å²) in [6.07, 6.45) is 1.00. The number of carbonyl (C=O) groups is 1. The van der Waals surface area contributed by atoms with Crippen molar-refractivity contribution in [3.63, 3.8) is 0 Å². The molecule has 23 heavy (non-hydrogen) atoms. The van der Waals surface area contributed by atoms with Crippen LogP contribution < -0.4 is 5.32 Å². The lowest BCUT2D eigenvalue weighted by atomic mass is 10.00. The Balaban J connectivity index is 1.57. The maximum atomic E-state index is 12.3. The average Bonchev–Trinajstić information content (AvgIpc) is 2.55. The molecular formula is C19H21ClN2O. The van der Waals surface area contributed by atoms with Crippen LogP contribution in [0, 0.1) is 0 Å². The minimum absolute atomic E-state index is 0.0387. The lowest BCUT2D eigenvalue weighted by Gasteiger charge is -2.28. The summed E-state index contributed by atoms with van der Waals surface area (Å²) in [5.74, 6) is 0.0387. The molecule has 1 aliphatic rings. The molecule has 1 N–H and O–H groups in total. The highest BCUT2D eigenvalue weighted by atomic mass is 35.5. The van der Waals surface area contributed by atoms with Gasteiger partial charge in [0.05, 0.1) is 12.6 Å². The molecule has 1 amide bonds. The van der Waals surface area contributed by atoms with Crippen LogP contribution >= 0.6 is 11.6 Å². The van der Waals surface area contributed by atoms with Crippen molar-refractivity contribution in [1.29, 1.82) is 0 Å². The summed E-state index contributed by atoms with van der Waals surface area (Å²) >= 11 is 6.19. The van der Waals surface area contributed by atoms with Crippen LogP contribution in [0.25, 0.3) is 0 Å². The van der Waals surface area contributed by atoms with Gasteiger partial charge in [0.2, 0.25) is 5.91 Å². The zero-order valence-corrected chi connectivity index (χ0v) is 14.0. The van der Waals surface area contributed by atoms with Crippen molar-refractivity contribution >= 4 is 17.5 Å². The second kappa shape index (κ2) is 7.16. The topological polar surface area (TPSA) is 32.3 Å². The number of carbonyl (C=O) groups excluding carboxylic acids is 1. The molecular weight excluding hydrogens is 308 g/mol. The first-order valence-electron chi connectivity index (χ1n) is 7.96. The molecule has 1 aliphatic heterocycles. The van der Waals surface area contributed by atoms with E-state index < -0.39 is 0 Å². The van der Waals surface area contributed by atoms with E-state index in [9.17, 15) is 4.79 Å². The van der Waals surface area contributed by atoms with Gasteiger partial charge in [-0.2, -0.15) is 0 Å². The normalized spacial score (nSPS) is 15.7. The first-order valence-corrected chi connectivity index (χ1v) is 8.34. The summed E-state index contributed by atoms with van der Waals surface area (Å²) in [5, 5.41) is 3.73. The smallest absolute Gasteiger partial charge is 0.234 e. The number of hydrogen-bond donors (Lipinski definition) is 1. The predicted octanol–water partition coefficient (Wildman–Crippen LogP) is 3.58. The fourth-order valence-electron chi connectivity index (χ4n) is 3.08. The standard InChI is InChI=1S/C19H21ClN2O/c1-14(17-8-4-5-9-18(17)20)21-19(23)13-22-11-10-15-6-2-3-7-16(15)12-22/h2-9,14H,10-13H2,1H3,(H,21,23)/t14-/m1/s1. The lowest BCUT2D eigenvalue weighted by molar-refractivity contribution is -0.123. The molecule has 1 heterocycles. The molecule has 4 heteroatoms. The largest absolute Gasteiger partial charge is 0.348 e. The van der Waals surface area contributed by atoms with E-state index in [-0.39, 0.29) is 11.9 Å². The molecule has 2 aromatic carbocycles. The van der Waals surface area contributed by atoms with Crippen LogP contribution in [-0.4, -0.2) is 23.9 Å². The average molecular weight is 329 g/mol. The van der Waals surface area contributed by atoms with Crippen LogP contribution in [0.15, 0.2) is 48.5 Å². The van der Waals surface area contributed by atoms with Crippen LogP contribution in [0.4, 0.5) is 0 Å². The number of amides is 1. The third kappa shape index (κ3) is 3.92. The molecule has 0 aliphatic carbocycles. The van der Waals surface area contributed by atoms with Gasteiger partial charge in [-0.25, -0.2) is 0 Å². The van der Waals surface area contributed by atoms with Crippen LogP contribution in [0.5, 0.6) is 0 Å². The maximum Gasteiger partial charge on any atom is 0.234 e. The summed E-state index contributed by atoms with van der Waals surface area (Å²) in [6.45, 7) is 4.14. The summed E-state index contributed by atoms with van der Waals surface area (Å²) < 4.78 is 0. The first kappa shape index (κ1) is 16.0. The highest BCUT2D eigenvalue weighted by Gasteiger charge is 2.19. The molecule has 0 saturated heterocycles. The molecule has 0 spiro atoms. The summed E-state index contributed by atoms with van der Waals surface area (Å²) in [7, 11) is 0. The number of hydrogen-bond acceptors (Lipinski definition) is 2. The second-order valence-corrected chi connectivity index (χ2v) is 6.45. The van der Waals surface area contributed by atoms with Crippen LogP contribution in [0.2, 0.25) is 5.02 Å². The van der Waals surface area contributed by atoms with Gasteiger partial charge >= 0.3 is 0 Å². The molecule has 3 rings (SSSR count). The zero-order chi connectivity index (χ0) is 16.2. The number of fused-ring (bicyclic) bond motifs is 1. The van der Waals surface area contributed by atoms with Gasteiger partial charge in [0.15, 0.2) is 0 Å². The molecule has 0 saturated carbocycles. The van der Waals surface area contributed by atoms with Gasteiger partial charge < -0.3 is 5.32 Å². The molecule has 0 fully saturated rings. The first-order chi connectivity index (χ1) is 11.1. The van der Waals surface area contributed by atoms with Crippen molar-refractivity contribution in [2.45, 2.75) is 25.9 Å². The second-order valence-electron chi connectivity index (χ2n) is 6.04. The summed E-state index contributed by atoms with van der Waals surface area (Å²) in [6, 6.07) is 16.0. The minimum Gasteiger partial charge on any atom is -0.348 e. The third-order valence-corrected chi connectivity index (χ3v) is 4.67. The van der Waals surface area contributed by atoms with Gasteiger partial charge in [-0.05, 0) is 36.1 Å². The van der Waals surface area contributed by atoms with Crippen LogP contribution in [0.3, 0.4) is 0 Å². The Labute approximate surface area is 142 Å². The van der Waals surface area contributed by atoms with Crippen molar-refractivity contribution in [2.24, 2.45) is 0 Å². The van der Waals surface area contributed by atoms with Crippen molar-refractivity contribution in [1.82, 2.24) is 10.2 Å². The van der Waals surface area contributed by atoms with E-state index in [0.29, 0.717) is 11.6 Å². The molecule has 0 unspecified atom stereocenters. The van der Waals surface area contributed by atoms with Gasteiger partial charge in [0.25, 0.3) is 0 Å². The van der Waals surface area contributed by atoms with E-state index in [2.05, 4.69) is 34.5 Å². The Kier molecular flexibility index (Phi) is 4.99. The monoisotopic (exact) mass is 328 g/mol. The Morgan fingerprint density at radius 3 is 2.65 bits per heavy atom. The third-order valence-electron chi connectivity index (χ3n) is 4.33. The number of nitrogens with zero attached hydrogens (tertiary/aromatic N) is 1. The highest BCUT2D eigenvalue weighted by molar-refractivity contribution is 6.31. The minimum atomic E-state index is -0.0896. The highest BCUT2D eigenvalue weighted by Crippen LogP contribution is 2.22. The lowest BCUT2D eigenvalue weighted by Crippen LogP contribution is -2.40.